The SMILES string of the molecule is CCOc1cccc2cc(C(C)N[C@H](C)CCO)oc12. The third kappa shape index (κ3) is 3.32. The summed E-state index contributed by atoms with van der Waals surface area (Å²) < 4.78 is 11.5. The number of fused-ring (bicyclic) bond motifs is 1. The minimum absolute atomic E-state index is 0.0958. The predicted molar refractivity (Wildman–Crippen MR) is 80.1 cm³/mol. The molecule has 0 saturated carbocycles. The first-order chi connectivity index (χ1) is 9.65. The van der Waals surface area contributed by atoms with Crippen molar-refractivity contribution in [3.8, 4) is 5.75 Å². The number of hydrogen-bond donors (Lipinski definition) is 2. The van der Waals surface area contributed by atoms with Crippen molar-refractivity contribution < 1.29 is 14.3 Å². The molecule has 4 nitrogen and oxygen atoms in total. The molecule has 4 heteroatoms. The lowest BCUT2D eigenvalue weighted by molar-refractivity contribution is 0.261. The van der Waals surface area contributed by atoms with Gasteiger partial charge in [-0.05, 0) is 39.3 Å². The molecular weight excluding hydrogens is 254 g/mol. The normalized spacial score (nSPS) is 14.4. The highest BCUT2D eigenvalue weighted by Gasteiger charge is 2.15. The Morgan fingerprint density at radius 2 is 2.15 bits per heavy atom. The van der Waals surface area contributed by atoms with Gasteiger partial charge < -0.3 is 19.6 Å². The molecule has 2 atom stereocenters. The Morgan fingerprint density at radius 3 is 2.85 bits per heavy atom. The zero-order valence-electron chi connectivity index (χ0n) is 12.3. The molecule has 2 aromatic rings. The maximum Gasteiger partial charge on any atom is 0.176 e. The summed E-state index contributed by atoms with van der Waals surface area (Å²) in [6.07, 6.45) is 0.731. The van der Waals surface area contributed by atoms with Gasteiger partial charge in [-0.15, -0.1) is 0 Å². The third-order valence-electron chi connectivity index (χ3n) is 3.35. The number of hydrogen-bond acceptors (Lipinski definition) is 4. The molecule has 0 aliphatic rings. The molecule has 0 bridgehead atoms. The lowest BCUT2D eigenvalue weighted by atomic mass is 10.1. The molecule has 0 aliphatic carbocycles. The van der Waals surface area contributed by atoms with Crippen LogP contribution in [0.1, 0.15) is 39.0 Å². The van der Waals surface area contributed by atoms with E-state index in [4.69, 9.17) is 14.3 Å². The van der Waals surface area contributed by atoms with Crippen molar-refractivity contribution in [1.82, 2.24) is 5.32 Å². The number of para-hydroxylation sites is 1. The Hall–Kier alpha value is -1.52. The summed E-state index contributed by atoms with van der Waals surface area (Å²) in [5.41, 5.74) is 0.799. The molecule has 110 valence electrons. The minimum atomic E-state index is 0.0958. The van der Waals surface area contributed by atoms with E-state index in [1.807, 2.05) is 31.2 Å². The van der Waals surface area contributed by atoms with Crippen molar-refractivity contribution in [3.05, 3.63) is 30.0 Å². The van der Waals surface area contributed by atoms with Crippen molar-refractivity contribution in [2.24, 2.45) is 0 Å². The summed E-state index contributed by atoms with van der Waals surface area (Å²) in [7, 11) is 0. The van der Waals surface area contributed by atoms with Crippen LogP contribution < -0.4 is 10.1 Å². The lowest BCUT2D eigenvalue weighted by Gasteiger charge is -2.17. The van der Waals surface area contributed by atoms with E-state index in [1.54, 1.807) is 0 Å². The second-order valence-electron chi connectivity index (χ2n) is 5.06. The van der Waals surface area contributed by atoms with E-state index in [-0.39, 0.29) is 18.7 Å². The summed E-state index contributed by atoms with van der Waals surface area (Å²) in [6, 6.07) is 8.30. The molecule has 0 spiro atoms. The van der Waals surface area contributed by atoms with Gasteiger partial charge in [0, 0.05) is 18.0 Å². The lowest BCUT2D eigenvalue weighted by Crippen LogP contribution is -2.29. The minimum Gasteiger partial charge on any atom is -0.490 e. The Morgan fingerprint density at radius 1 is 1.35 bits per heavy atom. The van der Waals surface area contributed by atoms with E-state index in [2.05, 4.69) is 19.2 Å². The molecule has 0 fully saturated rings. The fraction of sp³-hybridized carbons (Fsp3) is 0.500. The number of benzene rings is 1. The van der Waals surface area contributed by atoms with Crippen LogP contribution in [0.2, 0.25) is 0 Å². The Labute approximate surface area is 119 Å². The van der Waals surface area contributed by atoms with Gasteiger partial charge in [0.05, 0.1) is 12.6 Å². The summed E-state index contributed by atoms with van der Waals surface area (Å²) in [4.78, 5) is 0. The first-order valence-electron chi connectivity index (χ1n) is 7.17. The van der Waals surface area contributed by atoms with Crippen molar-refractivity contribution in [2.45, 2.75) is 39.3 Å². The number of aliphatic hydroxyl groups excluding tert-OH is 1. The Bertz CT molecular complexity index is 550. The Balaban J connectivity index is 2.20. The van der Waals surface area contributed by atoms with Gasteiger partial charge in [-0.1, -0.05) is 12.1 Å². The molecule has 0 aliphatic heterocycles. The highest BCUT2D eigenvalue weighted by molar-refractivity contribution is 5.83. The highest BCUT2D eigenvalue weighted by Crippen LogP contribution is 2.31. The summed E-state index contributed by atoms with van der Waals surface area (Å²) in [6.45, 7) is 6.89. The Kier molecular flexibility index (Phi) is 5.04. The van der Waals surface area contributed by atoms with E-state index in [0.717, 1.165) is 28.9 Å². The van der Waals surface area contributed by atoms with Gasteiger partial charge in [0.25, 0.3) is 0 Å². The van der Waals surface area contributed by atoms with Crippen LogP contribution in [0.3, 0.4) is 0 Å². The largest absolute Gasteiger partial charge is 0.490 e. The molecule has 0 amide bonds. The molecule has 1 unspecified atom stereocenters. The molecule has 20 heavy (non-hydrogen) atoms. The van der Waals surface area contributed by atoms with E-state index in [9.17, 15) is 0 Å². The van der Waals surface area contributed by atoms with Crippen molar-refractivity contribution in [2.75, 3.05) is 13.2 Å². The number of ether oxygens (including phenoxy) is 1. The zero-order chi connectivity index (χ0) is 14.5. The van der Waals surface area contributed by atoms with Crippen LogP contribution in [0.15, 0.2) is 28.7 Å². The number of rotatable bonds is 7. The zero-order valence-corrected chi connectivity index (χ0v) is 12.3. The summed E-state index contributed by atoms with van der Waals surface area (Å²) >= 11 is 0. The number of nitrogens with one attached hydrogen (secondary N) is 1. The van der Waals surface area contributed by atoms with E-state index < -0.39 is 0 Å². The maximum atomic E-state index is 8.95. The van der Waals surface area contributed by atoms with E-state index in [0.29, 0.717) is 6.61 Å². The molecule has 0 saturated heterocycles. The first-order valence-corrected chi connectivity index (χ1v) is 7.17. The van der Waals surface area contributed by atoms with Gasteiger partial charge in [-0.2, -0.15) is 0 Å². The van der Waals surface area contributed by atoms with Crippen molar-refractivity contribution in [3.63, 3.8) is 0 Å². The fourth-order valence-corrected chi connectivity index (χ4v) is 2.32. The van der Waals surface area contributed by atoms with Gasteiger partial charge in [-0.3, -0.25) is 0 Å². The smallest absolute Gasteiger partial charge is 0.176 e. The number of aliphatic hydroxyl groups is 1. The molecule has 1 heterocycles. The number of furan rings is 1. The van der Waals surface area contributed by atoms with Gasteiger partial charge in [-0.25, -0.2) is 0 Å². The summed E-state index contributed by atoms with van der Waals surface area (Å²) in [5, 5.41) is 13.4. The van der Waals surface area contributed by atoms with Gasteiger partial charge in [0.15, 0.2) is 11.3 Å². The fourth-order valence-electron chi connectivity index (χ4n) is 2.32. The van der Waals surface area contributed by atoms with Gasteiger partial charge in [0.1, 0.15) is 5.76 Å². The quantitative estimate of drug-likeness (QED) is 0.815. The molecule has 2 rings (SSSR count). The van der Waals surface area contributed by atoms with Crippen LogP contribution in [-0.2, 0) is 0 Å². The average Bonchev–Trinajstić information content (AvgIpc) is 2.84. The predicted octanol–water partition coefficient (Wildman–Crippen LogP) is 3.25. The molecule has 1 aromatic carbocycles. The van der Waals surface area contributed by atoms with Crippen molar-refractivity contribution >= 4 is 11.0 Å². The van der Waals surface area contributed by atoms with E-state index >= 15 is 0 Å². The summed E-state index contributed by atoms with van der Waals surface area (Å²) in [5.74, 6) is 1.67. The standard InChI is InChI=1S/C16H23NO3/c1-4-19-14-7-5-6-13-10-15(20-16(13)14)12(3)17-11(2)8-9-18/h5-7,10-12,17-18H,4,8-9H2,1-3H3/t11-,12?/m1/s1. The maximum absolute atomic E-state index is 8.95. The van der Waals surface area contributed by atoms with Crippen molar-refractivity contribution in [1.29, 1.82) is 0 Å². The van der Waals surface area contributed by atoms with Crippen LogP contribution in [0.25, 0.3) is 11.0 Å². The topological polar surface area (TPSA) is 54.6 Å². The van der Waals surface area contributed by atoms with E-state index in [1.165, 1.54) is 0 Å². The first kappa shape index (κ1) is 14.9. The molecule has 2 N–H and O–H groups in total. The third-order valence-corrected chi connectivity index (χ3v) is 3.35. The molecule has 1 aromatic heterocycles. The van der Waals surface area contributed by atoms with Crippen LogP contribution >= 0.6 is 0 Å². The average molecular weight is 277 g/mol. The van der Waals surface area contributed by atoms with Gasteiger partial charge in [0.2, 0.25) is 0 Å². The van der Waals surface area contributed by atoms with Crippen LogP contribution in [0.5, 0.6) is 5.75 Å². The highest BCUT2D eigenvalue weighted by atomic mass is 16.5. The second kappa shape index (κ2) is 6.77. The van der Waals surface area contributed by atoms with Crippen LogP contribution in [0.4, 0.5) is 0 Å². The molecule has 0 radical (unpaired) electrons. The van der Waals surface area contributed by atoms with Gasteiger partial charge >= 0.3 is 0 Å². The molecular formula is C16H23NO3. The van der Waals surface area contributed by atoms with Crippen LogP contribution in [0, 0.1) is 0 Å². The van der Waals surface area contributed by atoms with Crippen LogP contribution in [-0.4, -0.2) is 24.4 Å². The monoisotopic (exact) mass is 277 g/mol. The second-order valence-corrected chi connectivity index (χ2v) is 5.06.